The van der Waals surface area contributed by atoms with Gasteiger partial charge in [0, 0.05) is 38.9 Å². The van der Waals surface area contributed by atoms with Crippen molar-refractivity contribution in [2.45, 2.75) is 0 Å². The molecule has 5 aromatic rings. The molecule has 0 nitrogen and oxygen atoms in total. The lowest BCUT2D eigenvalue weighted by Gasteiger charge is -2.19. The molecule has 0 fully saturated rings. The zero-order valence-electron chi connectivity index (χ0n) is 15.9. The monoisotopic (exact) mass is 420 g/mol. The summed E-state index contributed by atoms with van der Waals surface area (Å²) in [5.74, 6) is -4.12. The van der Waals surface area contributed by atoms with Gasteiger partial charge in [0.1, 0.15) is 29.1 Å². The van der Waals surface area contributed by atoms with Gasteiger partial charge in [0.25, 0.3) is 0 Å². The minimum atomic E-state index is -0.998. The van der Waals surface area contributed by atoms with Crippen molar-refractivity contribution in [2.24, 2.45) is 0 Å². The highest BCUT2D eigenvalue weighted by Gasteiger charge is 2.25. The molecule has 5 rings (SSSR count). The van der Waals surface area contributed by atoms with E-state index in [1.54, 1.807) is 36.4 Å². The molecule has 5 aromatic carbocycles. The number of halogens is 5. The molecule has 0 atom stereocenters. The lowest BCUT2D eigenvalue weighted by Crippen LogP contribution is -1.98. The SMILES string of the molecule is Fc1ccc(-c2c3c(F)cccc3c(-c3ccccc3)c3c(F)ccc(F)c23)c(F)c1. The fraction of sp³-hybridized carbons (Fsp3) is 0. The lowest BCUT2D eigenvalue weighted by atomic mass is 9.85. The third kappa shape index (κ3) is 2.96. The number of hydrogen-bond acceptors (Lipinski definition) is 0. The van der Waals surface area contributed by atoms with Crippen molar-refractivity contribution in [3.63, 3.8) is 0 Å². The fourth-order valence-corrected chi connectivity index (χ4v) is 4.15. The van der Waals surface area contributed by atoms with Crippen molar-refractivity contribution in [3.8, 4) is 22.3 Å². The van der Waals surface area contributed by atoms with Gasteiger partial charge in [-0.3, -0.25) is 0 Å². The van der Waals surface area contributed by atoms with E-state index in [-0.39, 0.29) is 27.3 Å². The Morgan fingerprint density at radius 3 is 1.77 bits per heavy atom. The van der Waals surface area contributed by atoms with Crippen molar-refractivity contribution in [3.05, 3.63) is 108 Å². The Morgan fingerprint density at radius 2 is 1.10 bits per heavy atom. The number of fused-ring (bicyclic) bond motifs is 2. The predicted molar refractivity (Wildman–Crippen MR) is 112 cm³/mol. The smallest absolute Gasteiger partial charge is 0.133 e. The van der Waals surface area contributed by atoms with Gasteiger partial charge < -0.3 is 0 Å². The van der Waals surface area contributed by atoms with Crippen LogP contribution >= 0.6 is 0 Å². The van der Waals surface area contributed by atoms with Crippen molar-refractivity contribution in [2.75, 3.05) is 0 Å². The van der Waals surface area contributed by atoms with Crippen LogP contribution in [0.3, 0.4) is 0 Å². The maximum atomic E-state index is 15.2. The third-order valence-corrected chi connectivity index (χ3v) is 5.40. The van der Waals surface area contributed by atoms with Crippen LogP contribution in [-0.4, -0.2) is 0 Å². The Kier molecular flexibility index (Phi) is 4.47. The maximum Gasteiger partial charge on any atom is 0.133 e. The van der Waals surface area contributed by atoms with Gasteiger partial charge in [-0.05, 0) is 41.3 Å². The van der Waals surface area contributed by atoms with E-state index in [2.05, 4.69) is 0 Å². The largest absolute Gasteiger partial charge is 0.207 e. The van der Waals surface area contributed by atoms with E-state index < -0.39 is 29.1 Å². The lowest BCUT2D eigenvalue weighted by molar-refractivity contribution is 0.585. The van der Waals surface area contributed by atoms with Gasteiger partial charge in [0.2, 0.25) is 0 Å². The van der Waals surface area contributed by atoms with E-state index >= 15 is 13.2 Å². The molecule has 31 heavy (non-hydrogen) atoms. The van der Waals surface area contributed by atoms with Crippen LogP contribution < -0.4 is 0 Å². The first kappa shape index (κ1) is 19.2. The summed E-state index contributed by atoms with van der Waals surface area (Å²) in [5.41, 5.74) is 0.481. The first-order valence-corrected chi connectivity index (χ1v) is 9.50. The number of hydrogen-bond donors (Lipinski definition) is 0. The molecule has 0 saturated heterocycles. The third-order valence-electron chi connectivity index (χ3n) is 5.40. The van der Waals surface area contributed by atoms with Crippen LogP contribution in [-0.2, 0) is 0 Å². The van der Waals surface area contributed by atoms with Crippen LogP contribution in [0.25, 0.3) is 43.8 Å². The molecular formula is C26H13F5. The highest BCUT2D eigenvalue weighted by molar-refractivity contribution is 6.21. The molecule has 0 heterocycles. The fourth-order valence-electron chi connectivity index (χ4n) is 4.15. The van der Waals surface area contributed by atoms with Gasteiger partial charge in [-0.25, -0.2) is 22.0 Å². The van der Waals surface area contributed by atoms with E-state index in [0.717, 1.165) is 24.3 Å². The second-order valence-corrected chi connectivity index (χ2v) is 7.18. The summed E-state index contributed by atoms with van der Waals surface area (Å²) in [6, 6.07) is 17.5. The second-order valence-electron chi connectivity index (χ2n) is 7.18. The van der Waals surface area contributed by atoms with E-state index in [0.29, 0.717) is 22.6 Å². The van der Waals surface area contributed by atoms with Crippen LogP contribution in [0.15, 0.2) is 78.9 Å². The summed E-state index contributed by atoms with van der Waals surface area (Å²) in [6.45, 7) is 0. The Bertz CT molecular complexity index is 1470. The molecule has 152 valence electrons. The molecular weight excluding hydrogens is 407 g/mol. The van der Waals surface area contributed by atoms with Crippen molar-refractivity contribution in [1.29, 1.82) is 0 Å². The average molecular weight is 420 g/mol. The molecule has 0 saturated carbocycles. The summed E-state index contributed by atoms with van der Waals surface area (Å²) in [7, 11) is 0. The van der Waals surface area contributed by atoms with Gasteiger partial charge >= 0.3 is 0 Å². The number of benzene rings is 5. The van der Waals surface area contributed by atoms with E-state index in [1.165, 1.54) is 12.1 Å². The summed E-state index contributed by atoms with van der Waals surface area (Å²) < 4.78 is 73.9. The van der Waals surface area contributed by atoms with Crippen LogP contribution in [0.4, 0.5) is 22.0 Å². The van der Waals surface area contributed by atoms with E-state index in [9.17, 15) is 8.78 Å². The molecule has 0 bridgehead atoms. The zero-order valence-corrected chi connectivity index (χ0v) is 15.9. The Morgan fingerprint density at radius 1 is 0.452 bits per heavy atom. The van der Waals surface area contributed by atoms with Crippen LogP contribution in [0.5, 0.6) is 0 Å². The highest BCUT2D eigenvalue weighted by atomic mass is 19.1. The topological polar surface area (TPSA) is 0 Å². The summed E-state index contributed by atoms with van der Waals surface area (Å²) in [6.07, 6.45) is 0. The van der Waals surface area contributed by atoms with Gasteiger partial charge in [-0.15, -0.1) is 0 Å². The molecule has 0 spiro atoms. The Hall–Kier alpha value is -3.73. The normalized spacial score (nSPS) is 11.4. The molecule has 0 aliphatic carbocycles. The molecule has 0 amide bonds. The van der Waals surface area contributed by atoms with E-state index in [1.807, 2.05) is 0 Å². The van der Waals surface area contributed by atoms with Gasteiger partial charge in [-0.2, -0.15) is 0 Å². The van der Waals surface area contributed by atoms with Crippen molar-refractivity contribution < 1.29 is 22.0 Å². The Labute approximate surface area is 174 Å². The molecule has 0 aromatic heterocycles. The van der Waals surface area contributed by atoms with Gasteiger partial charge in [0.05, 0.1) is 0 Å². The summed E-state index contributed by atoms with van der Waals surface area (Å²) in [5, 5.41) is -0.129. The van der Waals surface area contributed by atoms with Gasteiger partial charge in [0.15, 0.2) is 0 Å². The summed E-state index contributed by atoms with van der Waals surface area (Å²) >= 11 is 0. The van der Waals surface area contributed by atoms with Crippen LogP contribution in [0, 0.1) is 29.1 Å². The molecule has 0 radical (unpaired) electrons. The minimum Gasteiger partial charge on any atom is -0.207 e. The van der Waals surface area contributed by atoms with E-state index in [4.69, 9.17) is 0 Å². The number of rotatable bonds is 2. The van der Waals surface area contributed by atoms with Crippen molar-refractivity contribution >= 4 is 21.5 Å². The highest BCUT2D eigenvalue weighted by Crippen LogP contribution is 2.46. The van der Waals surface area contributed by atoms with Crippen LogP contribution in [0.2, 0.25) is 0 Å². The van der Waals surface area contributed by atoms with Crippen LogP contribution in [0.1, 0.15) is 0 Å². The standard InChI is InChI=1S/C26H13F5/c27-15-9-10-16(21(31)13-15)24-23-17(7-4-8-18(23)28)22(14-5-2-1-3-6-14)25-19(29)11-12-20(30)26(24)25/h1-13H. The summed E-state index contributed by atoms with van der Waals surface area (Å²) in [4.78, 5) is 0. The predicted octanol–water partition coefficient (Wildman–Crippen LogP) is 8.02. The second kappa shape index (κ2) is 7.20. The van der Waals surface area contributed by atoms with Gasteiger partial charge in [-0.1, -0.05) is 42.5 Å². The quantitative estimate of drug-likeness (QED) is 0.200. The Balaban J connectivity index is 2.12. The molecule has 0 aliphatic heterocycles. The maximum absolute atomic E-state index is 15.2. The first-order chi connectivity index (χ1) is 15.0. The molecule has 0 aliphatic rings. The molecule has 5 heteroatoms. The zero-order chi connectivity index (χ0) is 21.7. The first-order valence-electron chi connectivity index (χ1n) is 9.50. The molecule has 0 N–H and O–H groups in total. The van der Waals surface area contributed by atoms with Crippen molar-refractivity contribution in [1.82, 2.24) is 0 Å². The average Bonchev–Trinajstić information content (AvgIpc) is 2.76. The molecule has 0 unspecified atom stereocenters. The minimum absolute atomic E-state index is 0.0659.